The number of urea groups is 1. The van der Waals surface area contributed by atoms with Gasteiger partial charge in [-0.25, -0.2) is 4.79 Å². The first kappa shape index (κ1) is 9.26. The van der Waals surface area contributed by atoms with E-state index in [1.165, 1.54) is 6.21 Å². The summed E-state index contributed by atoms with van der Waals surface area (Å²) in [4.78, 5) is 29.0. The molecule has 0 unspecified atom stereocenters. The minimum atomic E-state index is -0.599. The first-order valence-electron chi connectivity index (χ1n) is 4.29. The Kier molecular flexibility index (Phi) is 2.37. The number of amides is 3. The Hall–Kier alpha value is -2.30. The Balaban J connectivity index is 2.09. The van der Waals surface area contributed by atoms with Gasteiger partial charge in [0.1, 0.15) is 0 Å². The number of carbonyl (C=O) groups excluding carboxylic acids is 2. The lowest BCUT2D eigenvalue weighted by Gasteiger charge is -2.00. The molecule has 0 saturated heterocycles. The minimum Gasteiger partial charge on any atom is -0.305 e. The largest absolute Gasteiger partial charge is 0.369 e. The van der Waals surface area contributed by atoms with Crippen LogP contribution in [0.4, 0.5) is 4.79 Å². The molecule has 1 aliphatic rings. The van der Waals surface area contributed by atoms with Crippen molar-refractivity contribution in [3.05, 3.63) is 35.9 Å². The molecule has 0 atom stereocenters. The van der Waals surface area contributed by atoms with E-state index in [-0.39, 0.29) is 11.7 Å². The summed E-state index contributed by atoms with van der Waals surface area (Å²) in [6, 6.07) is 8.07. The Labute approximate surface area is 85.5 Å². The second-order valence-electron chi connectivity index (χ2n) is 2.86. The van der Waals surface area contributed by atoms with Gasteiger partial charge in [0.25, 0.3) is 5.91 Å². The number of rotatable bonds is 1. The highest BCUT2D eigenvalue weighted by Gasteiger charge is 2.11. The van der Waals surface area contributed by atoms with Crippen LogP contribution in [0.25, 0.3) is 0 Å². The third kappa shape index (κ3) is 2.14. The van der Waals surface area contributed by atoms with Crippen LogP contribution in [-0.4, -0.2) is 24.0 Å². The topological polar surface area (TPSA) is 70.9 Å². The highest BCUT2D eigenvalue weighted by molar-refractivity contribution is 6.39. The Morgan fingerprint density at radius 3 is 2.53 bits per heavy atom. The van der Waals surface area contributed by atoms with Crippen LogP contribution in [0.2, 0.25) is 0 Å². The van der Waals surface area contributed by atoms with Gasteiger partial charge in [0.05, 0.1) is 6.21 Å². The van der Waals surface area contributed by atoms with Crippen LogP contribution in [0.5, 0.6) is 0 Å². The number of nitrogens with zero attached hydrogens (tertiary/aromatic N) is 2. The van der Waals surface area contributed by atoms with E-state index in [1.54, 1.807) is 24.3 Å². The quantitative estimate of drug-likeness (QED) is 0.736. The number of benzene rings is 1. The summed E-state index contributed by atoms with van der Waals surface area (Å²) in [7, 11) is 0. The molecule has 0 radical (unpaired) electrons. The highest BCUT2D eigenvalue weighted by Crippen LogP contribution is 1.98. The van der Waals surface area contributed by atoms with Crippen molar-refractivity contribution < 1.29 is 9.59 Å². The summed E-state index contributed by atoms with van der Waals surface area (Å²) in [5.74, 6) is -0.135. The van der Waals surface area contributed by atoms with Gasteiger partial charge in [0, 0.05) is 5.56 Å². The van der Waals surface area contributed by atoms with Gasteiger partial charge >= 0.3 is 6.03 Å². The molecular formula is C10H7N3O2. The van der Waals surface area contributed by atoms with E-state index in [1.807, 2.05) is 6.07 Å². The predicted molar refractivity (Wildman–Crippen MR) is 55.2 cm³/mol. The zero-order valence-corrected chi connectivity index (χ0v) is 7.68. The maximum atomic E-state index is 11.5. The molecule has 1 heterocycles. The molecule has 1 aromatic rings. The number of nitrogens with one attached hydrogen (secondary N) is 1. The van der Waals surface area contributed by atoms with Gasteiger partial charge < -0.3 is 5.32 Å². The van der Waals surface area contributed by atoms with Crippen molar-refractivity contribution in [2.75, 3.05) is 0 Å². The minimum absolute atomic E-state index is 0.175. The number of hydrogen-bond acceptors (Lipinski definition) is 2. The molecule has 0 fully saturated rings. The van der Waals surface area contributed by atoms with Gasteiger partial charge in [-0.2, -0.15) is 9.98 Å². The molecule has 0 bridgehead atoms. The molecule has 3 amide bonds. The van der Waals surface area contributed by atoms with Crippen LogP contribution in [-0.2, 0) is 0 Å². The molecule has 0 saturated carbocycles. The average Bonchev–Trinajstić information content (AvgIpc) is 2.65. The monoisotopic (exact) mass is 201 g/mol. The Bertz CT molecular complexity index is 463. The van der Waals surface area contributed by atoms with E-state index < -0.39 is 6.03 Å². The maximum Gasteiger partial charge on any atom is 0.369 e. The van der Waals surface area contributed by atoms with Gasteiger partial charge in [-0.05, 0) is 12.1 Å². The van der Waals surface area contributed by atoms with E-state index in [2.05, 4.69) is 15.3 Å². The Morgan fingerprint density at radius 1 is 1.20 bits per heavy atom. The predicted octanol–water partition coefficient (Wildman–Crippen LogP) is 1.02. The maximum absolute atomic E-state index is 11.5. The number of carbonyl (C=O) groups is 2. The number of aliphatic imine (C=N–C) groups is 2. The van der Waals surface area contributed by atoms with Gasteiger partial charge in [-0.15, -0.1) is 0 Å². The summed E-state index contributed by atoms with van der Waals surface area (Å²) in [5.41, 5.74) is 0.507. The third-order valence-electron chi connectivity index (χ3n) is 1.79. The molecule has 5 nitrogen and oxygen atoms in total. The molecule has 1 aliphatic heterocycles. The van der Waals surface area contributed by atoms with Gasteiger partial charge in [0.2, 0.25) is 0 Å². The number of hydrogen-bond donors (Lipinski definition) is 1. The third-order valence-corrected chi connectivity index (χ3v) is 1.79. The molecule has 0 aliphatic carbocycles. The van der Waals surface area contributed by atoms with Crippen LogP contribution in [0, 0.1) is 0 Å². The zero-order chi connectivity index (χ0) is 10.7. The fraction of sp³-hybridized carbons (Fsp3) is 0. The lowest BCUT2D eigenvalue weighted by Crippen LogP contribution is -2.30. The fourth-order valence-corrected chi connectivity index (χ4v) is 1.12. The average molecular weight is 201 g/mol. The molecule has 15 heavy (non-hydrogen) atoms. The molecule has 2 rings (SSSR count). The molecule has 74 valence electrons. The summed E-state index contributed by atoms with van der Waals surface area (Å²) in [6.07, 6.45) is 1.23. The van der Waals surface area contributed by atoms with Crippen molar-refractivity contribution in [2.45, 2.75) is 0 Å². The molecule has 0 spiro atoms. The lowest BCUT2D eigenvalue weighted by molar-refractivity contribution is 0.0978. The van der Waals surface area contributed by atoms with Crippen molar-refractivity contribution in [3.63, 3.8) is 0 Å². The summed E-state index contributed by atoms with van der Waals surface area (Å²) < 4.78 is 0. The first-order chi connectivity index (χ1) is 7.25. The molecular weight excluding hydrogens is 194 g/mol. The summed E-state index contributed by atoms with van der Waals surface area (Å²) >= 11 is 0. The van der Waals surface area contributed by atoms with Crippen LogP contribution in [0.3, 0.4) is 0 Å². The smallest absolute Gasteiger partial charge is 0.305 e. The van der Waals surface area contributed by atoms with Gasteiger partial charge in [-0.3, -0.25) is 4.79 Å². The van der Waals surface area contributed by atoms with Crippen molar-refractivity contribution in [1.29, 1.82) is 0 Å². The van der Waals surface area contributed by atoms with Crippen molar-refractivity contribution >= 4 is 24.0 Å². The Morgan fingerprint density at radius 2 is 1.93 bits per heavy atom. The van der Waals surface area contributed by atoms with E-state index in [9.17, 15) is 9.59 Å². The highest BCUT2D eigenvalue weighted by atomic mass is 16.2. The number of amidine groups is 1. The van der Waals surface area contributed by atoms with Crippen LogP contribution in [0.15, 0.2) is 40.3 Å². The fourth-order valence-electron chi connectivity index (χ4n) is 1.12. The van der Waals surface area contributed by atoms with Crippen molar-refractivity contribution in [2.24, 2.45) is 9.98 Å². The van der Waals surface area contributed by atoms with Crippen LogP contribution >= 0.6 is 0 Å². The van der Waals surface area contributed by atoms with E-state index >= 15 is 0 Å². The normalized spacial score (nSPS) is 13.9. The first-order valence-corrected chi connectivity index (χ1v) is 4.29. The van der Waals surface area contributed by atoms with Gasteiger partial charge in [-0.1, -0.05) is 18.2 Å². The SMILES string of the molecule is O=C1N=CC(NC(=O)c2ccccc2)=N1. The standard InChI is InChI=1S/C10H7N3O2/c14-9(7-4-2-1-3-5-7)12-8-6-11-10(15)13-8/h1-6H,(H,12,13,14,15). The molecule has 1 N–H and O–H groups in total. The van der Waals surface area contributed by atoms with Crippen LogP contribution in [0.1, 0.15) is 10.4 Å². The van der Waals surface area contributed by atoms with E-state index in [0.29, 0.717) is 5.56 Å². The summed E-state index contributed by atoms with van der Waals surface area (Å²) in [5, 5.41) is 2.47. The van der Waals surface area contributed by atoms with Crippen molar-refractivity contribution in [1.82, 2.24) is 5.32 Å². The second-order valence-corrected chi connectivity index (χ2v) is 2.86. The van der Waals surface area contributed by atoms with Crippen molar-refractivity contribution in [3.8, 4) is 0 Å². The lowest BCUT2D eigenvalue weighted by atomic mass is 10.2. The molecule has 1 aromatic carbocycles. The zero-order valence-electron chi connectivity index (χ0n) is 7.68. The summed E-state index contributed by atoms with van der Waals surface area (Å²) in [6.45, 7) is 0. The van der Waals surface area contributed by atoms with E-state index in [0.717, 1.165) is 0 Å². The molecule has 5 heteroatoms. The van der Waals surface area contributed by atoms with E-state index in [4.69, 9.17) is 0 Å². The second kappa shape index (κ2) is 3.83. The van der Waals surface area contributed by atoms with Crippen LogP contribution < -0.4 is 5.32 Å². The molecule has 0 aromatic heterocycles. The van der Waals surface area contributed by atoms with Gasteiger partial charge in [0.15, 0.2) is 5.84 Å².